The topological polar surface area (TPSA) is 46.2 Å². The van der Waals surface area contributed by atoms with Crippen molar-refractivity contribution in [2.24, 2.45) is 5.73 Å². The van der Waals surface area contributed by atoms with E-state index in [-0.39, 0.29) is 24.2 Å². The summed E-state index contributed by atoms with van der Waals surface area (Å²) in [6, 6.07) is 9.21. The summed E-state index contributed by atoms with van der Waals surface area (Å²) in [5.74, 6) is 0.265. The molecule has 0 saturated carbocycles. The van der Waals surface area contributed by atoms with E-state index in [9.17, 15) is 5.11 Å². The minimum Gasteiger partial charge on any atom is -0.508 e. The first-order valence-corrected chi connectivity index (χ1v) is 5.65. The van der Waals surface area contributed by atoms with Gasteiger partial charge in [-0.3, -0.25) is 0 Å². The molecular formula is C12H14ClNOS. The highest BCUT2D eigenvalue weighted by Gasteiger charge is 2.13. The van der Waals surface area contributed by atoms with Crippen LogP contribution in [0.25, 0.3) is 0 Å². The second-order valence-corrected chi connectivity index (χ2v) is 4.53. The third kappa shape index (κ3) is 2.55. The smallest absolute Gasteiger partial charge is 0.120 e. The summed E-state index contributed by atoms with van der Waals surface area (Å²) >= 11 is 1.60. The van der Waals surface area contributed by atoms with Crippen molar-refractivity contribution in [1.82, 2.24) is 0 Å². The molecule has 86 valence electrons. The Hall–Kier alpha value is -1.03. The molecular weight excluding hydrogens is 242 g/mol. The summed E-state index contributed by atoms with van der Waals surface area (Å²) in [6.07, 6.45) is 0. The van der Waals surface area contributed by atoms with E-state index in [1.807, 2.05) is 36.6 Å². The average molecular weight is 256 g/mol. The van der Waals surface area contributed by atoms with Gasteiger partial charge in [0.05, 0.1) is 6.04 Å². The highest BCUT2D eigenvalue weighted by molar-refractivity contribution is 7.10. The van der Waals surface area contributed by atoms with Crippen LogP contribution in [0.1, 0.15) is 22.0 Å². The molecule has 16 heavy (non-hydrogen) atoms. The predicted octanol–water partition coefficient (Wildman–Crippen LogP) is 3.23. The molecule has 0 aliphatic carbocycles. The van der Waals surface area contributed by atoms with E-state index >= 15 is 0 Å². The van der Waals surface area contributed by atoms with Crippen LogP contribution in [0, 0.1) is 6.92 Å². The molecule has 0 spiro atoms. The molecule has 2 rings (SSSR count). The lowest BCUT2D eigenvalue weighted by molar-refractivity contribution is 0.465. The molecule has 2 nitrogen and oxygen atoms in total. The minimum atomic E-state index is -0.232. The zero-order valence-corrected chi connectivity index (χ0v) is 10.5. The first-order chi connectivity index (χ1) is 7.18. The van der Waals surface area contributed by atoms with Gasteiger partial charge in [0.25, 0.3) is 0 Å². The molecule has 0 amide bonds. The number of halogens is 1. The molecule has 2 aromatic rings. The van der Waals surface area contributed by atoms with E-state index in [0.29, 0.717) is 0 Å². The second kappa shape index (κ2) is 5.34. The number of phenolic OH excluding ortho intramolecular Hbond substituents is 1. The molecule has 1 heterocycles. The lowest BCUT2D eigenvalue weighted by Gasteiger charge is -2.12. The fraction of sp³-hybridized carbons (Fsp3) is 0.167. The van der Waals surface area contributed by atoms with Crippen LogP contribution in [-0.2, 0) is 0 Å². The summed E-state index contributed by atoms with van der Waals surface area (Å²) in [6.45, 7) is 1.99. The number of hydrogen-bond acceptors (Lipinski definition) is 3. The summed E-state index contributed by atoms with van der Waals surface area (Å²) in [4.78, 5) is 1.07. The van der Waals surface area contributed by atoms with Crippen LogP contribution in [0.3, 0.4) is 0 Å². The van der Waals surface area contributed by atoms with Gasteiger partial charge in [-0.05, 0) is 24.4 Å². The number of nitrogens with two attached hydrogens (primary N) is 1. The second-order valence-electron chi connectivity index (χ2n) is 3.56. The first-order valence-electron chi connectivity index (χ1n) is 4.77. The molecule has 0 aliphatic heterocycles. The Morgan fingerprint density at radius 3 is 2.69 bits per heavy atom. The monoisotopic (exact) mass is 255 g/mol. The maximum Gasteiger partial charge on any atom is 0.120 e. The zero-order chi connectivity index (χ0) is 10.8. The van der Waals surface area contributed by atoms with Crippen molar-refractivity contribution < 1.29 is 5.11 Å². The largest absolute Gasteiger partial charge is 0.508 e. The molecule has 0 bridgehead atoms. The van der Waals surface area contributed by atoms with Crippen molar-refractivity contribution in [1.29, 1.82) is 0 Å². The minimum absolute atomic E-state index is 0. The molecule has 0 saturated heterocycles. The van der Waals surface area contributed by atoms with Crippen LogP contribution >= 0.6 is 23.7 Å². The van der Waals surface area contributed by atoms with Crippen LogP contribution in [0.5, 0.6) is 5.75 Å². The van der Waals surface area contributed by atoms with E-state index in [1.165, 1.54) is 0 Å². The lowest BCUT2D eigenvalue weighted by atomic mass is 10.0. The SMILES string of the molecule is Cc1ccc(O)c([C@@H](N)c2cccs2)c1.Cl. The van der Waals surface area contributed by atoms with Crippen molar-refractivity contribution in [3.63, 3.8) is 0 Å². The van der Waals surface area contributed by atoms with E-state index in [1.54, 1.807) is 17.4 Å². The average Bonchev–Trinajstić information content (AvgIpc) is 2.74. The van der Waals surface area contributed by atoms with E-state index in [4.69, 9.17) is 5.73 Å². The Balaban J connectivity index is 0.00000128. The molecule has 1 aromatic carbocycles. The summed E-state index contributed by atoms with van der Waals surface area (Å²) < 4.78 is 0. The fourth-order valence-corrected chi connectivity index (χ4v) is 2.29. The van der Waals surface area contributed by atoms with Gasteiger partial charge in [0.15, 0.2) is 0 Å². The van der Waals surface area contributed by atoms with Crippen LogP contribution in [0.4, 0.5) is 0 Å². The van der Waals surface area contributed by atoms with E-state index < -0.39 is 0 Å². The highest BCUT2D eigenvalue weighted by atomic mass is 35.5. The number of thiophene rings is 1. The summed E-state index contributed by atoms with van der Waals surface area (Å²) in [7, 11) is 0. The first kappa shape index (κ1) is 13.0. The standard InChI is InChI=1S/C12H13NOS.ClH/c1-8-4-5-10(14)9(7-8)12(13)11-3-2-6-15-11;/h2-7,12,14H,13H2,1H3;1H/t12-;/m1./s1. The van der Waals surface area contributed by atoms with Crippen molar-refractivity contribution in [2.45, 2.75) is 13.0 Å². The number of hydrogen-bond donors (Lipinski definition) is 2. The van der Waals surface area contributed by atoms with Crippen LogP contribution < -0.4 is 5.73 Å². The molecule has 4 heteroatoms. The van der Waals surface area contributed by atoms with Gasteiger partial charge in [-0.2, -0.15) is 0 Å². The Bertz CT molecular complexity index is 456. The normalized spacial score (nSPS) is 11.9. The van der Waals surface area contributed by atoms with Crippen molar-refractivity contribution >= 4 is 23.7 Å². The molecule has 3 N–H and O–H groups in total. The molecule has 0 unspecified atom stereocenters. The van der Waals surface area contributed by atoms with Gasteiger partial charge in [0.1, 0.15) is 5.75 Å². The number of aromatic hydroxyl groups is 1. The number of aryl methyl sites for hydroxylation is 1. The summed E-state index contributed by atoms with van der Waals surface area (Å²) in [5.41, 5.74) is 7.98. The zero-order valence-electron chi connectivity index (χ0n) is 8.88. The van der Waals surface area contributed by atoms with Crippen LogP contribution in [-0.4, -0.2) is 5.11 Å². The Morgan fingerprint density at radius 1 is 1.31 bits per heavy atom. The molecule has 0 fully saturated rings. The Labute approximate surface area is 105 Å². The van der Waals surface area contributed by atoms with Crippen molar-refractivity contribution in [2.75, 3.05) is 0 Å². The van der Waals surface area contributed by atoms with Crippen LogP contribution in [0.15, 0.2) is 35.7 Å². The number of phenols is 1. The highest BCUT2D eigenvalue weighted by Crippen LogP contribution is 2.30. The van der Waals surface area contributed by atoms with Gasteiger partial charge < -0.3 is 10.8 Å². The lowest BCUT2D eigenvalue weighted by Crippen LogP contribution is -2.10. The maximum atomic E-state index is 9.73. The van der Waals surface area contributed by atoms with Gasteiger partial charge in [0.2, 0.25) is 0 Å². The quantitative estimate of drug-likeness (QED) is 0.866. The van der Waals surface area contributed by atoms with Crippen molar-refractivity contribution in [3.05, 3.63) is 51.7 Å². The molecule has 0 radical (unpaired) electrons. The van der Waals surface area contributed by atoms with E-state index in [0.717, 1.165) is 16.0 Å². The van der Waals surface area contributed by atoms with E-state index in [2.05, 4.69) is 0 Å². The summed E-state index contributed by atoms with van der Waals surface area (Å²) in [5, 5.41) is 11.7. The third-order valence-corrected chi connectivity index (χ3v) is 3.32. The Kier molecular flexibility index (Phi) is 4.35. The Morgan fingerprint density at radius 2 is 2.06 bits per heavy atom. The molecule has 1 atom stereocenters. The number of rotatable bonds is 2. The van der Waals surface area contributed by atoms with Gasteiger partial charge in [-0.25, -0.2) is 0 Å². The fourth-order valence-electron chi connectivity index (χ4n) is 1.54. The van der Waals surface area contributed by atoms with Crippen molar-refractivity contribution in [3.8, 4) is 5.75 Å². The maximum absolute atomic E-state index is 9.73. The third-order valence-electron chi connectivity index (χ3n) is 2.37. The molecule has 1 aromatic heterocycles. The number of benzene rings is 1. The molecule has 0 aliphatic rings. The van der Waals surface area contributed by atoms with Crippen LogP contribution in [0.2, 0.25) is 0 Å². The van der Waals surface area contributed by atoms with Gasteiger partial charge in [0, 0.05) is 10.4 Å². The van der Waals surface area contributed by atoms with Gasteiger partial charge in [-0.1, -0.05) is 23.8 Å². The van der Waals surface area contributed by atoms with Gasteiger partial charge >= 0.3 is 0 Å². The van der Waals surface area contributed by atoms with Gasteiger partial charge in [-0.15, -0.1) is 23.7 Å². The predicted molar refractivity (Wildman–Crippen MR) is 70.4 cm³/mol.